The molecule has 0 saturated heterocycles. The van der Waals surface area contributed by atoms with Crippen LogP contribution in [0.1, 0.15) is 15.9 Å². The van der Waals surface area contributed by atoms with Crippen LogP contribution >= 0.6 is 11.3 Å². The van der Waals surface area contributed by atoms with Crippen molar-refractivity contribution in [3.8, 4) is 5.75 Å². The molecular formula is C19H17FN2O4S2. The molecule has 1 amide bonds. The average molecular weight is 420 g/mol. The molecule has 0 unspecified atom stereocenters. The number of rotatable bonds is 7. The number of carbonyl (C=O) groups is 1. The van der Waals surface area contributed by atoms with Gasteiger partial charge in [0.1, 0.15) is 15.8 Å². The lowest BCUT2D eigenvalue weighted by atomic mass is 10.1. The van der Waals surface area contributed by atoms with Crippen LogP contribution < -0.4 is 10.0 Å². The Bertz CT molecular complexity index is 1070. The summed E-state index contributed by atoms with van der Waals surface area (Å²) in [5.41, 5.74) is 1.04. The molecule has 6 nitrogen and oxygen atoms in total. The number of anilines is 1. The summed E-state index contributed by atoms with van der Waals surface area (Å²) >= 11 is 1.07. The molecule has 0 aliphatic rings. The molecular weight excluding hydrogens is 403 g/mol. The molecule has 3 N–H and O–H groups in total. The number of phenols is 1. The van der Waals surface area contributed by atoms with Gasteiger partial charge in [-0.1, -0.05) is 18.2 Å². The van der Waals surface area contributed by atoms with Gasteiger partial charge in [0.15, 0.2) is 0 Å². The zero-order valence-corrected chi connectivity index (χ0v) is 16.2. The molecule has 3 rings (SSSR count). The van der Waals surface area contributed by atoms with E-state index in [0.717, 1.165) is 16.9 Å². The van der Waals surface area contributed by atoms with Crippen LogP contribution in [0.5, 0.6) is 5.75 Å². The van der Waals surface area contributed by atoms with Crippen LogP contribution in [0.4, 0.5) is 10.1 Å². The molecule has 2 aromatic carbocycles. The number of benzene rings is 2. The predicted molar refractivity (Wildman–Crippen MR) is 106 cm³/mol. The van der Waals surface area contributed by atoms with E-state index in [1.807, 2.05) is 0 Å². The number of phenolic OH excluding ortho intramolecular Hbond substituents is 1. The second-order valence-electron chi connectivity index (χ2n) is 5.90. The highest BCUT2D eigenvalue weighted by Gasteiger charge is 2.17. The van der Waals surface area contributed by atoms with Crippen LogP contribution in [0.2, 0.25) is 0 Å². The number of thiophene rings is 1. The summed E-state index contributed by atoms with van der Waals surface area (Å²) < 4.78 is 39.8. The van der Waals surface area contributed by atoms with Gasteiger partial charge >= 0.3 is 0 Å². The SMILES string of the molecule is O=C(NCCc1ccc(F)cc1)c1ccc(NS(=O)(=O)c2cccs2)cc1O. The molecule has 0 aliphatic carbocycles. The third-order valence-corrected chi connectivity index (χ3v) is 6.65. The molecule has 0 spiro atoms. The summed E-state index contributed by atoms with van der Waals surface area (Å²) in [5.74, 6) is -1.16. The Morgan fingerprint density at radius 1 is 1.11 bits per heavy atom. The molecule has 9 heteroatoms. The molecule has 1 aromatic heterocycles. The molecule has 0 aliphatic heterocycles. The van der Waals surface area contributed by atoms with E-state index in [0.29, 0.717) is 13.0 Å². The summed E-state index contributed by atoms with van der Waals surface area (Å²) in [7, 11) is -3.74. The third-order valence-electron chi connectivity index (χ3n) is 3.87. The fraction of sp³-hybridized carbons (Fsp3) is 0.105. The minimum Gasteiger partial charge on any atom is -0.507 e. The fourth-order valence-corrected chi connectivity index (χ4v) is 4.52. The van der Waals surface area contributed by atoms with Crippen molar-refractivity contribution in [2.24, 2.45) is 0 Å². The van der Waals surface area contributed by atoms with Crippen LogP contribution in [-0.4, -0.2) is 26.0 Å². The summed E-state index contributed by atoms with van der Waals surface area (Å²) in [5, 5.41) is 14.4. The van der Waals surface area contributed by atoms with Gasteiger partial charge in [0.2, 0.25) is 0 Å². The highest BCUT2D eigenvalue weighted by atomic mass is 32.2. The van der Waals surface area contributed by atoms with Crippen molar-refractivity contribution in [2.75, 3.05) is 11.3 Å². The van der Waals surface area contributed by atoms with Crippen LogP contribution in [0.3, 0.4) is 0 Å². The lowest BCUT2D eigenvalue weighted by Crippen LogP contribution is -2.25. The van der Waals surface area contributed by atoms with E-state index in [-0.39, 0.29) is 27.0 Å². The second kappa shape index (κ2) is 8.41. The Morgan fingerprint density at radius 2 is 1.86 bits per heavy atom. The van der Waals surface area contributed by atoms with Gasteiger partial charge in [-0.2, -0.15) is 0 Å². The Morgan fingerprint density at radius 3 is 2.50 bits per heavy atom. The fourth-order valence-electron chi connectivity index (χ4n) is 2.48. The first kappa shape index (κ1) is 19.8. The van der Waals surface area contributed by atoms with E-state index >= 15 is 0 Å². The number of amides is 1. The quantitative estimate of drug-likeness (QED) is 0.546. The van der Waals surface area contributed by atoms with Crippen molar-refractivity contribution < 1.29 is 22.7 Å². The summed E-state index contributed by atoms with van der Waals surface area (Å²) in [6, 6.07) is 13.0. The largest absolute Gasteiger partial charge is 0.507 e. The van der Waals surface area contributed by atoms with E-state index in [9.17, 15) is 22.7 Å². The zero-order valence-electron chi connectivity index (χ0n) is 14.6. The molecule has 28 heavy (non-hydrogen) atoms. The number of aromatic hydroxyl groups is 1. The van der Waals surface area contributed by atoms with E-state index in [1.54, 1.807) is 23.6 Å². The van der Waals surface area contributed by atoms with Gasteiger partial charge in [0.05, 0.1) is 11.3 Å². The average Bonchev–Trinajstić information content (AvgIpc) is 3.19. The number of halogens is 1. The minimum atomic E-state index is -3.74. The Balaban J connectivity index is 1.61. The molecule has 0 fully saturated rings. The first-order valence-electron chi connectivity index (χ1n) is 8.27. The van der Waals surface area contributed by atoms with E-state index in [2.05, 4.69) is 10.0 Å². The normalized spacial score (nSPS) is 11.2. The molecule has 3 aromatic rings. The number of sulfonamides is 1. The van der Waals surface area contributed by atoms with Crippen LogP contribution in [0, 0.1) is 5.82 Å². The van der Waals surface area contributed by atoms with Gasteiger partial charge in [0.25, 0.3) is 15.9 Å². The number of hydrogen-bond acceptors (Lipinski definition) is 5. The predicted octanol–water partition coefficient (Wildman–Crippen LogP) is 3.37. The Kier molecular flexibility index (Phi) is 5.96. The number of nitrogens with one attached hydrogen (secondary N) is 2. The zero-order chi connectivity index (χ0) is 20.1. The highest BCUT2D eigenvalue weighted by Crippen LogP contribution is 2.25. The lowest BCUT2D eigenvalue weighted by molar-refractivity contribution is 0.0951. The molecule has 0 bridgehead atoms. The van der Waals surface area contributed by atoms with Crippen molar-refractivity contribution in [1.29, 1.82) is 0 Å². The van der Waals surface area contributed by atoms with Gasteiger partial charge in [-0.15, -0.1) is 11.3 Å². The standard InChI is InChI=1S/C19H17FN2O4S2/c20-14-5-3-13(4-6-14)9-10-21-19(24)16-8-7-15(12-17(16)23)22-28(25,26)18-2-1-11-27-18/h1-8,11-12,22-23H,9-10H2,(H,21,24). The van der Waals surface area contributed by atoms with Gasteiger partial charge in [0, 0.05) is 12.6 Å². The van der Waals surface area contributed by atoms with Gasteiger partial charge in [-0.3, -0.25) is 9.52 Å². The smallest absolute Gasteiger partial charge is 0.271 e. The Hall–Kier alpha value is -2.91. The van der Waals surface area contributed by atoms with Gasteiger partial charge in [-0.05, 0) is 47.7 Å². The maximum atomic E-state index is 12.9. The van der Waals surface area contributed by atoms with E-state index < -0.39 is 15.9 Å². The molecule has 0 atom stereocenters. The van der Waals surface area contributed by atoms with Crippen molar-refractivity contribution in [2.45, 2.75) is 10.6 Å². The molecule has 146 valence electrons. The molecule has 1 heterocycles. The van der Waals surface area contributed by atoms with Crippen molar-refractivity contribution in [1.82, 2.24) is 5.32 Å². The molecule has 0 saturated carbocycles. The third kappa shape index (κ3) is 4.87. The Labute approximate surface area is 165 Å². The lowest BCUT2D eigenvalue weighted by Gasteiger charge is -2.10. The van der Waals surface area contributed by atoms with Crippen LogP contribution in [0.25, 0.3) is 0 Å². The van der Waals surface area contributed by atoms with Gasteiger partial charge < -0.3 is 10.4 Å². The van der Waals surface area contributed by atoms with Crippen LogP contribution in [-0.2, 0) is 16.4 Å². The summed E-state index contributed by atoms with van der Waals surface area (Å²) in [4.78, 5) is 12.2. The summed E-state index contributed by atoms with van der Waals surface area (Å²) in [6.07, 6.45) is 0.505. The van der Waals surface area contributed by atoms with Crippen molar-refractivity contribution >= 4 is 33.0 Å². The number of carbonyl (C=O) groups excluding carboxylic acids is 1. The second-order valence-corrected chi connectivity index (χ2v) is 8.76. The van der Waals surface area contributed by atoms with E-state index in [4.69, 9.17) is 0 Å². The van der Waals surface area contributed by atoms with Crippen molar-refractivity contribution in [3.05, 3.63) is 76.9 Å². The highest BCUT2D eigenvalue weighted by molar-refractivity contribution is 7.94. The van der Waals surface area contributed by atoms with E-state index in [1.165, 1.54) is 36.4 Å². The topological polar surface area (TPSA) is 95.5 Å². The maximum Gasteiger partial charge on any atom is 0.271 e. The monoisotopic (exact) mass is 420 g/mol. The van der Waals surface area contributed by atoms with Crippen molar-refractivity contribution in [3.63, 3.8) is 0 Å². The summed E-state index contributed by atoms with van der Waals surface area (Å²) in [6.45, 7) is 0.302. The first-order chi connectivity index (χ1) is 13.3. The van der Waals surface area contributed by atoms with Gasteiger partial charge in [-0.25, -0.2) is 12.8 Å². The maximum absolute atomic E-state index is 12.9. The minimum absolute atomic E-state index is 0.0261. The number of hydrogen-bond donors (Lipinski definition) is 3. The first-order valence-corrected chi connectivity index (χ1v) is 10.6. The molecule has 0 radical (unpaired) electrons. The van der Waals surface area contributed by atoms with Crippen LogP contribution in [0.15, 0.2) is 64.2 Å².